The van der Waals surface area contributed by atoms with E-state index in [1.165, 1.54) is 0 Å². The highest BCUT2D eigenvalue weighted by Gasteiger charge is 2.07. The molecule has 0 unspecified atom stereocenters. The van der Waals surface area contributed by atoms with E-state index in [1.54, 1.807) is 0 Å². The molecule has 0 atom stereocenters. The molecule has 0 aromatic heterocycles. The highest BCUT2D eigenvalue weighted by Crippen LogP contribution is 2.14. The van der Waals surface area contributed by atoms with Crippen LogP contribution in [0.25, 0.3) is 0 Å². The van der Waals surface area contributed by atoms with Crippen LogP contribution >= 0.6 is 0 Å². The highest BCUT2D eigenvalue weighted by molar-refractivity contribution is 6.02. The fourth-order valence-corrected chi connectivity index (χ4v) is 3.35. The molecule has 0 fully saturated rings. The van der Waals surface area contributed by atoms with Gasteiger partial charge in [0.1, 0.15) is 5.82 Å². The van der Waals surface area contributed by atoms with Crippen molar-refractivity contribution in [2.75, 3.05) is 30.3 Å². The fourth-order valence-electron chi connectivity index (χ4n) is 3.35. The van der Waals surface area contributed by atoms with Crippen molar-refractivity contribution in [2.24, 2.45) is 15.2 Å². The van der Waals surface area contributed by atoms with E-state index in [-0.39, 0.29) is 6.03 Å². The number of carbonyl (C=O) groups is 1. The first-order valence-corrected chi connectivity index (χ1v) is 11.2. The second-order valence-corrected chi connectivity index (χ2v) is 7.84. The van der Waals surface area contributed by atoms with Gasteiger partial charge in [-0.25, -0.2) is 15.2 Å². The Hall–Kier alpha value is -4.34. The maximum Gasteiger partial charge on any atom is 0.323 e. The molecule has 6 N–H and O–H groups in total. The van der Waals surface area contributed by atoms with Crippen molar-refractivity contribution in [1.29, 1.82) is 0 Å². The van der Waals surface area contributed by atoms with Gasteiger partial charge in [-0.3, -0.25) is 5.43 Å². The second kappa shape index (κ2) is 11.0. The topological polar surface area (TPSA) is 126 Å². The summed E-state index contributed by atoms with van der Waals surface area (Å²) in [6, 6.07) is 14.7. The first-order chi connectivity index (χ1) is 16.6. The molecule has 0 aliphatic carbocycles. The van der Waals surface area contributed by atoms with Crippen molar-refractivity contribution < 1.29 is 4.79 Å². The van der Waals surface area contributed by atoms with Crippen LogP contribution < -0.4 is 32.1 Å². The minimum Gasteiger partial charge on any atom is -0.370 e. The molecule has 10 heteroatoms. The van der Waals surface area contributed by atoms with Crippen LogP contribution in [-0.4, -0.2) is 43.0 Å². The van der Waals surface area contributed by atoms with Gasteiger partial charge in [0, 0.05) is 24.5 Å². The quantitative estimate of drug-likeness (QED) is 0.280. The number of benzene rings is 2. The molecule has 0 saturated carbocycles. The molecule has 34 heavy (non-hydrogen) atoms. The van der Waals surface area contributed by atoms with Crippen molar-refractivity contribution in [3.05, 3.63) is 71.6 Å². The van der Waals surface area contributed by atoms with Crippen LogP contribution in [-0.2, 0) is 0 Å². The molecule has 0 bridgehead atoms. The zero-order chi connectivity index (χ0) is 23.8. The summed E-state index contributed by atoms with van der Waals surface area (Å²) in [5.74, 6) is 1.61. The number of nitrogens with zero attached hydrogens (tertiary/aromatic N) is 3. The minimum atomic E-state index is -0.316. The van der Waals surface area contributed by atoms with E-state index in [1.807, 2.05) is 62.4 Å². The number of urea groups is 1. The molecule has 2 aliphatic heterocycles. The van der Waals surface area contributed by atoms with Gasteiger partial charge >= 0.3 is 6.03 Å². The van der Waals surface area contributed by atoms with Crippen LogP contribution in [0.15, 0.2) is 75.6 Å². The smallest absolute Gasteiger partial charge is 0.323 e. The Bertz CT molecular complexity index is 1040. The first kappa shape index (κ1) is 22.8. The molecular weight excluding hydrogens is 430 g/mol. The summed E-state index contributed by atoms with van der Waals surface area (Å²) in [6.45, 7) is 6.36. The number of anilines is 2. The molecule has 176 valence electrons. The lowest BCUT2D eigenvalue weighted by Crippen LogP contribution is -2.30. The molecule has 0 radical (unpaired) electrons. The molecule has 2 aromatic rings. The highest BCUT2D eigenvalue weighted by atomic mass is 16.2. The zero-order valence-corrected chi connectivity index (χ0v) is 19.3. The van der Waals surface area contributed by atoms with Gasteiger partial charge in [0.05, 0.1) is 18.0 Å². The van der Waals surface area contributed by atoms with E-state index >= 15 is 0 Å². The monoisotopic (exact) mass is 459 g/mol. The SMILES string of the molecule is C/C(=N\NC1=CCCN1)c1ccc(NC(=O)Nc2ccc(/C(C)=N/NC3=NCCN3)cc2)cc1. The Balaban J connectivity index is 1.27. The lowest BCUT2D eigenvalue weighted by Gasteiger charge is -2.10. The third-order valence-electron chi connectivity index (χ3n) is 5.28. The molecule has 0 spiro atoms. The normalized spacial score (nSPS) is 15.6. The molecule has 4 rings (SSSR count). The molecule has 2 amide bonds. The van der Waals surface area contributed by atoms with Gasteiger partial charge in [-0.1, -0.05) is 24.3 Å². The molecule has 2 aromatic carbocycles. The standard InChI is InChI=1S/C24H29N9O/c1-16(30-32-22-4-3-13-25-22)18-5-9-20(10-6-18)28-24(34)29-21-11-7-19(8-12-21)17(2)31-33-23-26-14-15-27-23/h4-12,25,32H,3,13-15H2,1-2H3,(H2,26,27,33)(H2,28,29,34)/b30-16+,31-17+. The van der Waals surface area contributed by atoms with Gasteiger partial charge in [-0.2, -0.15) is 10.2 Å². The number of hydrogen-bond donors (Lipinski definition) is 6. The lowest BCUT2D eigenvalue weighted by molar-refractivity contribution is 0.262. The summed E-state index contributed by atoms with van der Waals surface area (Å²) >= 11 is 0. The van der Waals surface area contributed by atoms with E-state index in [0.29, 0.717) is 17.3 Å². The van der Waals surface area contributed by atoms with Gasteiger partial charge < -0.3 is 21.3 Å². The Morgan fingerprint density at radius 1 is 0.824 bits per heavy atom. The predicted molar refractivity (Wildman–Crippen MR) is 137 cm³/mol. The molecule has 10 nitrogen and oxygen atoms in total. The van der Waals surface area contributed by atoms with Gasteiger partial charge in [0.15, 0.2) is 0 Å². The number of hydrogen-bond acceptors (Lipinski definition) is 8. The van der Waals surface area contributed by atoms with Gasteiger partial charge in [-0.15, -0.1) is 0 Å². The maximum atomic E-state index is 12.4. The van der Waals surface area contributed by atoms with Crippen LogP contribution in [0.2, 0.25) is 0 Å². The second-order valence-electron chi connectivity index (χ2n) is 7.84. The lowest BCUT2D eigenvalue weighted by atomic mass is 10.1. The number of rotatable bonds is 7. The van der Waals surface area contributed by atoms with Crippen molar-refractivity contribution in [3.63, 3.8) is 0 Å². The number of carbonyl (C=O) groups excluding carboxylic acids is 1. The number of guanidine groups is 1. The largest absolute Gasteiger partial charge is 0.370 e. The van der Waals surface area contributed by atoms with Crippen LogP contribution in [0.1, 0.15) is 31.4 Å². The molecular formula is C24H29N9O. The third kappa shape index (κ3) is 6.35. The summed E-state index contributed by atoms with van der Waals surface area (Å²) < 4.78 is 0. The van der Waals surface area contributed by atoms with Crippen LogP contribution in [0, 0.1) is 0 Å². The van der Waals surface area contributed by atoms with Crippen LogP contribution in [0.4, 0.5) is 16.2 Å². The first-order valence-electron chi connectivity index (χ1n) is 11.2. The van der Waals surface area contributed by atoms with Crippen molar-refractivity contribution in [1.82, 2.24) is 21.5 Å². The number of amides is 2. The summed E-state index contributed by atoms with van der Waals surface area (Å²) in [5, 5.41) is 20.7. The van der Waals surface area contributed by atoms with E-state index in [4.69, 9.17) is 0 Å². The van der Waals surface area contributed by atoms with Crippen LogP contribution in [0.5, 0.6) is 0 Å². The number of hydrazone groups is 2. The van der Waals surface area contributed by atoms with Gasteiger partial charge in [-0.05, 0) is 61.7 Å². The molecule has 2 heterocycles. The van der Waals surface area contributed by atoms with E-state index in [0.717, 1.165) is 54.4 Å². The fraction of sp³-hybridized carbons (Fsp3) is 0.250. The van der Waals surface area contributed by atoms with E-state index in [9.17, 15) is 4.79 Å². The predicted octanol–water partition coefficient (Wildman–Crippen LogP) is 2.75. The maximum absolute atomic E-state index is 12.4. The summed E-state index contributed by atoms with van der Waals surface area (Å²) in [5.41, 5.74) is 10.9. The Labute approximate surface area is 198 Å². The molecule has 0 saturated heterocycles. The van der Waals surface area contributed by atoms with Crippen molar-refractivity contribution in [2.45, 2.75) is 20.3 Å². The van der Waals surface area contributed by atoms with Crippen LogP contribution in [0.3, 0.4) is 0 Å². The van der Waals surface area contributed by atoms with Crippen molar-refractivity contribution >= 4 is 34.8 Å². The third-order valence-corrected chi connectivity index (χ3v) is 5.28. The summed E-state index contributed by atoms with van der Waals surface area (Å²) in [4.78, 5) is 16.6. The minimum absolute atomic E-state index is 0.316. The summed E-state index contributed by atoms with van der Waals surface area (Å²) in [7, 11) is 0. The Morgan fingerprint density at radius 3 is 1.91 bits per heavy atom. The van der Waals surface area contributed by atoms with E-state index < -0.39 is 0 Å². The Morgan fingerprint density at radius 2 is 1.41 bits per heavy atom. The number of aliphatic imine (C=N–C) groups is 1. The summed E-state index contributed by atoms with van der Waals surface area (Å²) in [6.07, 6.45) is 3.08. The number of nitrogens with one attached hydrogen (secondary N) is 6. The average molecular weight is 460 g/mol. The average Bonchev–Trinajstić information content (AvgIpc) is 3.56. The van der Waals surface area contributed by atoms with E-state index in [2.05, 4.69) is 53.4 Å². The van der Waals surface area contributed by atoms with Crippen molar-refractivity contribution in [3.8, 4) is 0 Å². The zero-order valence-electron chi connectivity index (χ0n) is 19.3. The van der Waals surface area contributed by atoms with Gasteiger partial charge in [0.25, 0.3) is 0 Å². The molecule has 2 aliphatic rings. The van der Waals surface area contributed by atoms with Gasteiger partial charge in [0.2, 0.25) is 5.96 Å². The Kier molecular flexibility index (Phi) is 7.39.